The number of carboxylic acid groups (broad SMARTS) is 1. The molecule has 0 bridgehead atoms. The highest BCUT2D eigenvalue weighted by Gasteiger charge is 2.54. The predicted octanol–water partition coefficient (Wildman–Crippen LogP) is -2.91. The Labute approximate surface area is 136 Å². The maximum absolute atomic E-state index is 11.2. The van der Waals surface area contributed by atoms with E-state index >= 15 is 0 Å². The summed E-state index contributed by atoms with van der Waals surface area (Å²) in [5, 5.41) is 39.0. The van der Waals surface area contributed by atoms with Crippen LogP contribution in [0.2, 0.25) is 0 Å². The van der Waals surface area contributed by atoms with Crippen molar-refractivity contribution >= 4 is 17.9 Å². The number of esters is 2. The Morgan fingerprint density at radius 1 is 1.29 bits per heavy atom. The van der Waals surface area contributed by atoms with Crippen LogP contribution in [-0.2, 0) is 28.6 Å². The second kappa shape index (κ2) is 7.85. The van der Waals surface area contributed by atoms with E-state index in [9.17, 15) is 29.7 Å². The van der Waals surface area contributed by atoms with E-state index < -0.39 is 67.2 Å². The van der Waals surface area contributed by atoms with Crippen LogP contribution in [0.4, 0.5) is 0 Å². The van der Waals surface area contributed by atoms with Gasteiger partial charge in [0.2, 0.25) is 0 Å². The minimum Gasteiger partial charge on any atom is -0.477 e. The molecule has 0 aromatic heterocycles. The predicted molar refractivity (Wildman–Crippen MR) is 74.3 cm³/mol. The van der Waals surface area contributed by atoms with Crippen LogP contribution in [0.3, 0.4) is 0 Å². The first-order valence-corrected chi connectivity index (χ1v) is 7.04. The zero-order chi connectivity index (χ0) is 18.7. The average molecular weight is 351 g/mol. The molecule has 1 aliphatic heterocycles. The molecule has 0 aromatic rings. The first kappa shape index (κ1) is 20.3. The number of hydrogen-bond acceptors (Lipinski definition) is 10. The minimum absolute atomic E-state index is 0.604. The normalized spacial score (nSPS) is 32.5. The molecule has 0 spiro atoms. The van der Waals surface area contributed by atoms with Crippen LogP contribution in [0, 0.1) is 0 Å². The van der Waals surface area contributed by atoms with Crippen molar-refractivity contribution in [3.63, 3.8) is 0 Å². The fourth-order valence-corrected chi connectivity index (χ4v) is 2.26. The first-order valence-electron chi connectivity index (χ1n) is 7.04. The van der Waals surface area contributed by atoms with Crippen molar-refractivity contribution in [2.24, 2.45) is 5.73 Å². The quantitative estimate of drug-likeness (QED) is 0.309. The first-order chi connectivity index (χ1) is 11.0. The zero-order valence-corrected chi connectivity index (χ0v) is 13.1. The number of nitrogens with two attached hydrogens (primary N) is 1. The van der Waals surface area contributed by atoms with Crippen LogP contribution >= 0.6 is 0 Å². The molecule has 0 aromatic carbocycles. The van der Waals surface area contributed by atoms with Gasteiger partial charge < -0.3 is 40.4 Å². The Morgan fingerprint density at radius 3 is 2.33 bits per heavy atom. The number of aliphatic hydroxyl groups excluding tert-OH is 2. The molecule has 24 heavy (non-hydrogen) atoms. The summed E-state index contributed by atoms with van der Waals surface area (Å²) in [6.45, 7) is 1.54. The lowest BCUT2D eigenvalue weighted by molar-refractivity contribution is -0.294. The zero-order valence-electron chi connectivity index (χ0n) is 13.1. The van der Waals surface area contributed by atoms with Crippen molar-refractivity contribution in [1.82, 2.24) is 0 Å². The average Bonchev–Trinajstić information content (AvgIpc) is 2.46. The monoisotopic (exact) mass is 351 g/mol. The van der Waals surface area contributed by atoms with Crippen LogP contribution in [0.25, 0.3) is 0 Å². The Balaban J connectivity index is 2.97. The van der Waals surface area contributed by atoms with Gasteiger partial charge in [0.15, 0.2) is 0 Å². The van der Waals surface area contributed by atoms with Gasteiger partial charge in [-0.2, -0.15) is 0 Å². The van der Waals surface area contributed by atoms with Gasteiger partial charge in [0.1, 0.15) is 31.0 Å². The lowest BCUT2D eigenvalue weighted by atomic mass is 9.89. The van der Waals surface area contributed by atoms with Crippen molar-refractivity contribution in [1.29, 1.82) is 0 Å². The van der Waals surface area contributed by atoms with Crippen LogP contribution in [0.5, 0.6) is 0 Å². The maximum atomic E-state index is 11.2. The molecule has 1 fully saturated rings. The van der Waals surface area contributed by atoms with Gasteiger partial charge in [-0.15, -0.1) is 0 Å². The Bertz CT molecular complexity index is 497. The van der Waals surface area contributed by atoms with E-state index in [2.05, 4.69) is 4.74 Å². The van der Waals surface area contributed by atoms with Gasteiger partial charge in [-0.05, 0) is 0 Å². The summed E-state index contributed by atoms with van der Waals surface area (Å²) < 4.78 is 14.3. The summed E-state index contributed by atoms with van der Waals surface area (Å²) >= 11 is 0. The summed E-state index contributed by atoms with van der Waals surface area (Å²) in [7, 11) is 0. The van der Waals surface area contributed by atoms with Gasteiger partial charge in [0.05, 0.1) is 12.5 Å². The lowest BCUT2D eigenvalue weighted by Crippen LogP contribution is -2.66. The molecule has 0 radical (unpaired) electrons. The summed E-state index contributed by atoms with van der Waals surface area (Å²) in [5.74, 6) is -6.05. The van der Waals surface area contributed by atoms with E-state index in [1.807, 2.05) is 0 Å². The molecule has 138 valence electrons. The van der Waals surface area contributed by atoms with Gasteiger partial charge in [0, 0.05) is 13.8 Å². The highest BCUT2D eigenvalue weighted by Crippen LogP contribution is 2.31. The number of carbonyl (C=O) groups excluding carboxylic acids is 2. The lowest BCUT2D eigenvalue weighted by Gasteiger charge is -2.44. The van der Waals surface area contributed by atoms with Gasteiger partial charge >= 0.3 is 17.9 Å². The van der Waals surface area contributed by atoms with Crippen molar-refractivity contribution in [2.45, 2.75) is 56.5 Å². The fourth-order valence-electron chi connectivity index (χ4n) is 2.26. The SMILES string of the molecule is CC(=O)OC[C@@H](O)[C@@H](O)[C@@H]1OC(O)(C(=O)O)C[C@H](OC(C)=O)[C@H]1N. The fraction of sp³-hybridized carbons (Fsp3) is 0.769. The van der Waals surface area contributed by atoms with Crippen LogP contribution in [0.1, 0.15) is 20.3 Å². The third kappa shape index (κ3) is 4.85. The number of aliphatic hydroxyl groups is 3. The van der Waals surface area contributed by atoms with Gasteiger partial charge in [0.25, 0.3) is 5.79 Å². The number of ether oxygens (including phenoxy) is 3. The molecule has 1 aliphatic rings. The van der Waals surface area contributed by atoms with E-state index in [1.54, 1.807) is 0 Å². The van der Waals surface area contributed by atoms with E-state index in [0.717, 1.165) is 13.8 Å². The minimum atomic E-state index is -2.78. The molecule has 11 heteroatoms. The van der Waals surface area contributed by atoms with Crippen molar-refractivity contribution in [3.05, 3.63) is 0 Å². The second-order valence-electron chi connectivity index (χ2n) is 5.46. The van der Waals surface area contributed by atoms with Gasteiger partial charge in [-0.25, -0.2) is 4.79 Å². The van der Waals surface area contributed by atoms with E-state index in [4.69, 9.17) is 20.3 Å². The summed E-state index contributed by atoms with van der Waals surface area (Å²) in [4.78, 5) is 33.0. The summed E-state index contributed by atoms with van der Waals surface area (Å²) in [6.07, 6.45) is -7.03. The van der Waals surface area contributed by atoms with Crippen molar-refractivity contribution < 1.29 is 49.0 Å². The molecule has 1 heterocycles. The number of rotatable bonds is 6. The number of aliphatic carboxylic acids is 1. The standard InChI is InChI=1S/C13H21NO10/c1-5(15)22-4-7(17)10(18)11-9(14)8(23-6(2)16)3-13(21,24-11)12(19)20/h7-11,17-18,21H,3-4,14H2,1-2H3,(H,19,20)/t7-,8+,9-,10-,11-,13?/m1/s1. The topological polar surface area (TPSA) is 186 Å². The van der Waals surface area contributed by atoms with Crippen LogP contribution < -0.4 is 5.73 Å². The van der Waals surface area contributed by atoms with E-state index in [1.165, 1.54) is 0 Å². The number of carboxylic acids is 1. The molecule has 1 unspecified atom stereocenters. The maximum Gasteiger partial charge on any atom is 0.364 e. The largest absolute Gasteiger partial charge is 0.477 e. The summed E-state index contributed by atoms with van der Waals surface area (Å²) in [5.41, 5.74) is 5.80. The molecule has 1 rings (SSSR count). The third-order valence-corrected chi connectivity index (χ3v) is 3.46. The van der Waals surface area contributed by atoms with Crippen LogP contribution in [0.15, 0.2) is 0 Å². The Kier molecular flexibility index (Phi) is 6.63. The molecule has 11 nitrogen and oxygen atoms in total. The van der Waals surface area contributed by atoms with Crippen molar-refractivity contribution in [3.8, 4) is 0 Å². The molecular weight excluding hydrogens is 330 g/mol. The number of carbonyl (C=O) groups is 3. The second-order valence-corrected chi connectivity index (χ2v) is 5.46. The highest BCUT2D eigenvalue weighted by atomic mass is 16.7. The molecule has 0 aliphatic carbocycles. The molecule has 6 atom stereocenters. The molecule has 0 amide bonds. The van der Waals surface area contributed by atoms with Crippen molar-refractivity contribution in [2.75, 3.05) is 6.61 Å². The van der Waals surface area contributed by atoms with E-state index in [-0.39, 0.29) is 0 Å². The Hall–Kier alpha value is -1.79. The highest BCUT2D eigenvalue weighted by molar-refractivity contribution is 5.75. The molecule has 6 N–H and O–H groups in total. The molecule has 0 saturated carbocycles. The number of hydrogen-bond donors (Lipinski definition) is 5. The van der Waals surface area contributed by atoms with E-state index in [0.29, 0.717) is 0 Å². The molecule has 1 saturated heterocycles. The Morgan fingerprint density at radius 2 is 1.88 bits per heavy atom. The third-order valence-electron chi connectivity index (χ3n) is 3.46. The molecular formula is C13H21NO10. The summed E-state index contributed by atoms with van der Waals surface area (Å²) in [6, 6.07) is -1.24. The van der Waals surface area contributed by atoms with Gasteiger partial charge in [-0.1, -0.05) is 0 Å². The van der Waals surface area contributed by atoms with Gasteiger partial charge in [-0.3, -0.25) is 9.59 Å². The van der Waals surface area contributed by atoms with Crippen LogP contribution in [-0.4, -0.2) is 81.2 Å². The smallest absolute Gasteiger partial charge is 0.364 e.